The predicted molar refractivity (Wildman–Crippen MR) is 151 cm³/mol. The lowest BCUT2D eigenvalue weighted by Crippen LogP contribution is -2.41. The Morgan fingerprint density at radius 1 is 0.875 bits per heavy atom. The maximum absolute atomic E-state index is 12.6. The second-order valence-corrected chi connectivity index (χ2v) is 11.9. The Hall–Kier alpha value is -2.94. The Bertz CT molecular complexity index is 999. The molecule has 0 saturated heterocycles. The van der Waals surface area contributed by atoms with E-state index in [0.29, 0.717) is 30.2 Å². The summed E-state index contributed by atoms with van der Waals surface area (Å²) < 4.78 is 16.8. The molecule has 2 unspecified atom stereocenters. The number of carbonyl (C=O) groups is 4. The van der Waals surface area contributed by atoms with E-state index in [1.54, 1.807) is 13.0 Å². The molecule has 224 valence electrons. The first-order valence-electron chi connectivity index (χ1n) is 14.6. The first-order valence-corrected chi connectivity index (χ1v) is 14.6. The zero-order valence-electron chi connectivity index (χ0n) is 24.6. The van der Waals surface area contributed by atoms with Crippen molar-refractivity contribution < 1.29 is 38.5 Å². The van der Waals surface area contributed by atoms with E-state index >= 15 is 0 Å². The molecule has 1 aromatic carbocycles. The molecule has 2 rings (SSSR count). The van der Waals surface area contributed by atoms with E-state index < -0.39 is 35.8 Å². The van der Waals surface area contributed by atoms with Crippen LogP contribution < -0.4 is 15.2 Å². The average Bonchev–Trinajstić information content (AvgIpc) is 2.91. The van der Waals surface area contributed by atoms with Gasteiger partial charge in [-0.3, -0.25) is 19.2 Å². The lowest BCUT2D eigenvalue weighted by Gasteiger charge is -2.29. The Balaban J connectivity index is 2.31. The first kappa shape index (κ1) is 33.3. The van der Waals surface area contributed by atoms with Gasteiger partial charge in [0.05, 0.1) is 12.5 Å². The molecule has 40 heavy (non-hydrogen) atoms. The Kier molecular flexibility index (Phi) is 13.6. The first-order chi connectivity index (χ1) is 18.9. The molecule has 0 bridgehead atoms. The third-order valence-corrected chi connectivity index (χ3v) is 7.36. The fourth-order valence-electron chi connectivity index (χ4n) is 4.87. The lowest BCUT2D eigenvalue weighted by molar-refractivity contribution is -0.151. The van der Waals surface area contributed by atoms with Crippen molar-refractivity contribution in [2.45, 2.75) is 104 Å². The Labute approximate surface area is 238 Å². The summed E-state index contributed by atoms with van der Waals surface area (Å²) in [4.78, 5) is 49.7. The van der Waals surface area contributed by atoms with Gasteiger partial charge >= 0.3 is 23.9 Å². The van der Waals surface area contributed by atoms with Crippen molar-refractivity contribution in [1.82, 2.24) is 0 Å². The molecule has 0 radical (unpaired) electrons. The topological polar surface area (TPSA) is 142 Å². The van der Waals surface area contributed by atoms with Gasteiger partial charge in [-0.25, -0.2) is 0 Å². The SMILES string of the molecule is CC(C)CCC(=O)Oc1ccc(C(C(C)COC(=O)C2CCCCC2)[C@H](N)C(=O)O)cc1OC(=O)CCC(C)C. The van der Waals surface area contributed by atoms with Gasteiger partial charge in [-0.05, 0) is 61.1 Å². The van der Waals surface area contributed by atoms with E-state index in [0.717, 1.165) is 32.1 Å². The highest BCUT2D eigenvalue weighted by Gasteiger charge is 2.33. The van der Waals surface area contributed by atoms with Crippen LogP contribution in [0.4, 0.5) is 0 Å². The van der Waals surface area contributed by atoms with Crippen molar-refractivity contribution in [3.05, 3.63) is 23.8 Å². The van der Waals surface area contributed by atoms with Gasteiger partial charge in [0.1, 0.15) is 6.04 Å². The van der Waals surface area contributed by atoms with Crippen LogP contribution >= 0.6 is 0 Å². The molecule has 0 amide bonds. The second-order valence-electron chi connectivity index (χ2n) is 11.9. The van der Waals surface area contributed by atoms with Crippen LogP contribution in [0.3, 0.4) is 0 Å². The van der Waals surface area contributed by atoms with Gasteiger partial charge in [0, 0.05) is 18.8 Å². The third kappa shape index (κ3) is 10.9. The number of carbonyl (C=O) groups excluding carboxylic acids is 3. The van der Waals surface area contributed by atoms with Crippen LogP contribution in [-0.2, 0) is 23.9 Å². The molecule has 0 spiro atoms. The number of esters is 3. The smallest absolute Gasteiger partial charge is 0.321 e. The van der Waals surface area contributed by atoms with Gasteiger partial charge in [-0.15, -0.1) is 0 Å². The van der Waals surface area contributed by atoms with Crippen LogP contribution in [0.25, 0.3) is 0 Å². The van der Waals surface area contributed by atoms with Crippen molar-refractivity contribution in [3.8, 4) is 11.5 Å². The molecule has 3 N–H and O–H groups in total. The zero-order valence-corrected chi connectivity index (χ0v) is 24.6. The number of hydrogen-bond acceptors (Lipinski definition) is 8. The van der Waals surface area contributed by atoms with E-state index in [1.807, 2.05) is 27.7 Å². The molecule has 9 heteroatoms. The second kappa shape index (κ2) is 16.4. The molecule has 0 aliphatic heterocycles. The summed E-state index contributed by atoms with van der Waals surface area (Å²) in [5.74, 6) is -3.06. The summed E-state index contributed by atoms with van der Waals surface area (Å²) in [6.07, 6.45) is 6.35. The standard InChI is InChI=1S/C31H47NO8/c1-19(2)11-15-26(33)39-24-14-13-23(17-25(24)40-27(34)16-12-20(3)4)28(29(32)30(35)36)21(5)18-38-31(37)22-9-7-6-8-10-22/h13-14,17,19-22,28-29H,6-12,15-16,18,32H2,1-5H3,(H,35,36)/t21?,28?,29-/m0/s1. The van der Waals surface area contributed by atoms with Crippen molar-refractivity contribution in [2.24, 2.45) is 29.4 Å². The average molecular weight is 562 g/mol. The van der Waals surface area contributed by atoms with Crippen molar-refractivity contribution in [2.75, 3.05) is 6.61 Å². The van der Waals surface area contributed by atoms with E-state index in [4.69, 9.17) is 19.9 Å². The molecule has 9 nitrogen and oxygen atoms in total. The van der Waals surface area contributed by atoms with Crippen molar-refractivity contribution in [1.29, 1.82) is 0 Å². The van der Waals surface area contributed by atoms with Crippen LogP contribution in [0.15, 0.2) is 18.2 Å². The summed E-state index contributed by atoms with van der Waals surface area (Å²) in [6, 6.07) is 3.30. The largest absolute Gasteiger partial charge is 0.480 e. The van der Waals surface area contributed by atoms with Gasteiger partial charge in [-0.1, -0.05) is 59.9 Å². The molecule has 0 aromatic heterocycles. The number of ether oxygens (including phenoxy) is 3. The fourth-order valence-corrected chi connectivity index (χ4v) is 4.87. The fraction of sp³-hybridized carbons (Fsp3) is 0.677. The lowest BCUT2D eigenvalue weighted by atomic mass is 9.82. The molecule has 1 fully saturated rings. The highest BCUT2D eigenvalue weighted by atomic mass is 16.6. The molecule has 3 atom stereocenters. The highest BCUT2D eigenvalue weighted by molar-refractivity contribution is 5.77. The Morgan fingerprint density at radius 3 is 1.95 bits per heavy atom. The van der Waals surface area contributed by atoms with Gasteiger partial charge in [-0.2, -0.15) is 0 Å². The summed E-state index contributed by atoms with van der Waals surface area (Å²) in [5.41, 5.74) is 6.61. The van der Waals surface area contributed by atoms with Crippen molar-refractivity contribution in [3.63, 3.8) is 0 Å². The van der Waals surface area contributed by atoms with E-state index in [9.17, 15) is 24.3 Å². The van der Waals surface area contributed by atoms with Crippen molar-refractivity contribution >= 4 is 23.9 Å². The zero-order chi connectivity index (χ0) is 29.8. The molecular weight excluding hydrogens is 514 g/mol. The van der Waals surface area contributed by atoms with Gasteiger partial charge in [0.2, 0.25) is 0 Å². The number of carboxylic acid groups (broad SMARTS) is 1. The van der Waals surface area contributed by atoms with Crippen LogP contribution in [0.2, 0.25) is 0 Å². The Morgan fingerprint density at radius 2 is 1.43 bits per heavy atom. The third-order valence-electron chi connectivity index (χ3n) is 7.36. The van der Waals surface area contributed by atoms with Crippen LogP contribution in [0.5, 0.6) is 11.5 Å². The molecule has 0 heterocycles. The number of carboxylic acids is 1. The number of aliphatic carboxylic acids is 1. The highest BCUT2D eigenvalue weighted by Crippen LogP contribution is 2.36. The normalized spacial score (nSPS) is 16.3. The maximum Gasteiger partial charge on any atom is 0.321 e. The van der Waals surface area contributed by atoms with Gasteiger partial charge in [0.25, 0.3) is 0 Å². The minimum Gasteiger partial charge on any atom is -0.480 e. The summed E-state index contributed by atoms with van der Waals surface area (Å²) in [5, 5.41) is 9.77. The van der Waals surface area contributed by atoms with Gasteiger partial charge < -0.3 is 25.1 Å². The summed E-state index contributed by atoms with van der Waals surface area (Å²) in [6.45, 7) is 9.77. The summed E-state index contributed by atoms with van der Waals surface area (Å²) in [7, 11) is 0. The summed E-state index contributed by atoms with van der Waals surface area (Å²) >= 11 is 0. The molecule has 1 saturated carbocycles. The quantitative estimate of drug-likeness (QED) is 0.206. The molecule has 1 aliphatic rings. The van der Waals surface area contributed by atoms with E-state index in [1.165, 1.54) is 12.1 Å². The number of rotatable bonds is 15. The van der Waals surface area contributed by atoms with Crippen LogP contribution in [0, 0.1) is 23.7 Å². The number of hydrogen-bond donors (Lipinski definition) is 2. The minimum atomic E-state index is -1.31. The number of nitrogens with two attached hydrogens (primary N) is 1. The number of benzene rings is 1. The molecule has 1 aliphatic carbocycles. The van der Waals surface area contributed by atoms with Crippen LogP contribution in [-0.4, -0.2) is 41.6 Å². The maximum atomic E-state index is 12.6. The van der Waals surface area contributed by atoms with Gasteiger partial charge in [0.15, 0.2) is 11.5 Å². The molecule has 1 aromatic rings. The van der Waals surface area contributed by atoms with E-state index in [2.05, 4.69) is 0 Å². The monoisotopic (exact) mass is 561 g/mol. The van der Waals surface area contributed by atoms with E-state index in [-0.39, 0.29) is 42.8 Å². The minimum absolute atomic E-state index is 0.00354. The van der Waals surface area contributed by atoms with Crippen LogP contribution in [0.1, 0.15) is 104 Å². The molecular formula is C31H47NO8. The predicted octanol–water partition coefficient (Wildman–Crippen LogP) is 5.62.